The van der Waals surface area contributed by atoms with Gasteiger partial charge in [0.1, 0.15) is 0 Å². The molecule has 0 aliphatic carbocycles. The Morgan fingerprint density at radius 1 is 1.06 bits per heavy atom. The van der Waals surface area contributed by atoms with E-state index < -0.39 is 5.97 Å². The summed E-state index contributed by atoms with van der Waals surface area (Å²) < 4.78 is 0. The van der Waals surface area contributed by atoms with E-state index in [2.05, 4.69) is 0 Å². The molecule has 0 saturated carbocycles. The van der Waals surface area contributed by atoms with Gasteiger partial charge in [0.2, 0.25) is 0 Å². The minimum Gasteiger partial charge on any atom is -0.478 e. The maximum atomic E-state index is 12.3. The van der Waals surface area contributed by atoms with Gasteiger partial charge in [-0.25, -0.2) is 4.79 Å². The summed E-state index contributed by atoms with van der Waals surface area (Å²) in [5.74, 6) is -0.985. The van der Waals surface area contributed by atoms with Crippen molar-refractivity contribution in [2.45, 2.75) is 38.8 Å². The maximum Gasteiger partial charge on any atom is 0.335 e. The monoisotopic (exact) mass is 247 g/mol. The normalized spacial score (nSPS) is 23.1. The van der Waals surface area contributed by atoms with Crippen LogP contribution in [-0.2, 0) is 0 Å². The van der Waals surface area contributed by atoms with Crippen LogP contribution in [0.2, 0.25) is 0 Å². The molecule has 1 aromatic carbocycles. The van der Waals surface area contributed by atoms with Gasteiger partial charge in [-0.05, 0) is 51.0 Å². The van der Waals surface area contributed by atoms with Gasteiger partial charge in [-0.3, -0.25) is 4.79 Å². The summed E-state index contributed by atoms with van der Waals surface area (Å²) in [7, 11) is 0. The predicted octanol–water partition coefficient (Wildman–Crippen LogP) is 2.40. The molecule has 1 fully saturated rings. The molecular formula is C14H17NO3. The lowest BCUT2D eigenvalue weighted by atomic mass is 10.1. The lowest BCUT2D eigenvalue weighted by Crippen LogP contribution is -2.38. The number of benzene rings is 1. The van der Waals surface area contributed by atoms with Gasteiger partial charge in [-0.1, -0.05) is 0 Å². The average Bonchev–Trinajstić information content (AvgIpc) is 2.68. The van der Waals surface area contributed by atoms with Gasteiger partial charge in [0, 0.05) is 17.6 Å². The third kappa shape index (κ3) is 2.23. The van der Waals surface area contributed by atoms with Crippen LogP contribution in [0.3, 0.4) is 0 Å². The van der Waals surface area contributed by atoms with Crippen molar-refractivity contribution in [2.75, 3.05) is 0 Å². The summed E-state index contributed by atoms with van der Waals surface area (Å²) in [5, 5.41) is 8.81. The largest absolute Gasteiger partial charge is 0.478 e. The molecule has 4 nitrogen and oxygen atoms in total. The zero-order valence-corrected chi connectivity index (χ0v) is 10.6. The molecule has 0 aromatic heterocycles. The highest BCUT2D eigenvalue weighted by Crippen LogP contribution is 2.25. The number of carboxylic acids is 1. The van der Waals surface area contributed by atoms with Crippen molar-refractivity contribution in [3.05, 3.63) is 35.4 Å². The number of carbonyl (C=O) groups is 2. The molecule has 0 bridgehead atoms. The molecule has 1 aliphatic heterocycles. The van der Waals surface area contributed by atoms with Gasteiger partial charge in [0.05, 0.1) is 5.56 Å². The van der Waals surface area contributed by atoms with Crippen molar-refractivity contribution in [1.82, 2.24) is 4.90 Å². The lowest BCUT2D eigenvalue weighted by molar-refractivity contribution is 0.0680. The molecule has 0 spiro atoms. The fourth-order valence-electron chi connectivity index (χ4n) is 2.50. The molecule has 1 saturated heterocycles. The Kier molecular flexibility index (Phi) is 3.36. The molecule has 18 heavy (non-hydrogen) atoms. The van der Waals surface area contributed by atoms with Gasteiger partial charge in [-0.15, -0.1) is 0 Å². The lowest BCUT2D eigenvalue weighted by Gasteiger charge is -2.26. The standard InChI is InChI=1S/C14H17NO3/c1-9-3-4-10(2)15(9)13(16)11-5-7-12(8-6-11)14(17)18/h5-10H,3-4H2,1-2H3,(H,17,18). The second-order valence-corrected chi connectivity index (χ2v) is 4.87. The topological polar surface area (TPSA) is 57.6 Å². The zero-order valence-electron chi connectivity index (χ0n) is 10.6. The first-order valence-electron chi connectivity index (χ1n) is 6.16. The summed E-state index contributed by atoms with van der Waals surface area (Å²) in [6.07, 6.45) is 2.06. The predicted molar refractivity (Wildman–Crippen MR) is 67.7 cm³/mol. The van der Waals surface area contributed by atoms with Crippen molar-refractivity contribution in [1.29, 1.82) is 0 Å². The van der Waals surface area contributed by atoms with E-state index in [1.165, 1.54) is 12.1 Å². The summed E-state index contributed by atoms with van der Waals surface area (Å²) in [6, 6.07) is 6.63. The Bertz CT molecular complexity index is 456. The van der Waals surface area contributed by atoms with Crippen molar-refractivity contribution >= 4 is 11.9 Å². The highest BCUT2D eigenvalue weighted by molar-refractivity contribution is 5.96. The van der Waals surface area contributed by atoms with Gasteiger partial charge in [-0.2, -0.15) is 0 Å². The van der Waals surface area contributed by atoms with Crippen molar-refractivity contribution in [3.8, 4) is 0 Å². The van der Waals surface area contributed by atoms with Crippen LogP contribution in [0.5, 0.6) is 0 Å². The molecule has 2 atom stereocenters. The maximum absolute atomic E-state index is 12.3. The smallest absolute Gasteiger partial charge is 0.335 e. The summed E-state index contributed by atoms with van der Waals surface area (Å²) >= 11 is 0. The van der Waals surface area contributed by atoms with Crippen LogP contribution in [0.1, 0.15) is 47.4 Å². The van der Waals surface area contributed by atoms with Crippen LogP contribution < -0.4 is 0 Å². The van der Waals surface area contributed by atoms with E-state index in [9.17, 15) is 9.59 Å². The first kappa shape index (κ1) is 12.6. The number of likely N-dealkylation sites (tertiary alicyclic amines) is 1. The molecule has 1 aromatic rings. The molecule has 1 heterocycles. The van der Waals surface area contributed by atoms with Crippen LogP contribution >= 0.6 is 0 Å². The van der Waals surface area contributed by atoms with E-state index in [1.807, 2.05) is 18.7 Å². The van der Waals surface area contributed by atoms with E-state index in [0.717, 1.165) is 12.8 Å². The number of aromatic carboxylic acids is 1. The fourth-order valence-corrected chi connectivity index (χ4v) is 2.50. The first-order chi connectivity index (χ1) is 8.50. The third-order valence-electron chi connectivity index (χ3n) is 3.57. The third-order valence-corrected chi connectivity index (χ3v) is 3.57. The molecule has 1 N–H and O–H groups in total. The molecule has 2 unspecified atom stereocenters. The number of amides is 1. The van der Waals surface area contributed by atoms with Crippen molar-refractivity contribution in [3.63, 3.8) is 0 Å². The van der Waals surface area contributed by atoms with Gasteiger partial charge < -0.3 is 10.0 Å². The summed E-state index contributed by atoms with van der Waals surface area (Å²) in [4.78, 5) is 25.0. The zero-order chi connectivity index (χ0) is 13.3. The SMILES string of the molecule is CC1CCC(C)N1C(=O)c1ccc(C(=O)O)cc1. The molecule has 0 radical (unpaired) electrons. The van der Waals surface area contributed by atoms with Gasteiger partial charge in [0.25, 0.3) is 5.91 Å². The summed E-state index contributed by atoms with van der Waals surface area (Å²) in [6.45, 7) is 4.10. The Morgan fingerprint density at radius 3 is 1.94 bits per heavy atom. The van der Waals surface area contributed by atoms with E-state index in [-0.39, 0.29) is 23.6 Å². The van der Waals surface area contributed by atoms with E-state index in [4.69, 9.17) is 5.11 Å². The second kappa shape index (κ2) is 4.80. The first-order valence-corrected chi connectivity index (χ1v) is 6.16. The van der Waals surface area contributed by atoms with Crippen molar-refractivity contribution in [2.24, 2.45) is 0 Å². The van der Waals surface area contributed by atoms with E-state index in [1.54, 1.807) is 12.1 Å². The molecular weight excluding hydrogens is 230 g/mol. The quantitative estimate of drug-likeness (QED) is 0.873. The number of rotatable bonds is 2. The molecule has 1 aliphatic rings. The van der Waals surface area contributed by atoms with Crippen molar-refractivity contribution < 1.29 is 14.7 Å². The number of nitrogens with zero attached hydrogens (tertiary/aromatic N) is 1. The highest BCUT2D eigenvalue weighted by Gasteiger charge is 2.31. The van der Waals surface area contributed by atoms with Crippen LogP contribution in [0, 0.1) is 0 Å². The Balaban J connectivity index is 2.21. The Morgan fingerprint density at radius 2 is 1.50 bits per heavy atom. The Hall–Kier alpha value is -1.84. The number of hydrogen-bond donors (Lipinski definition) is 1. The van der Waals surface area contributed by atoms with Crippen LogP contribution in [0.15, 0.2) is 24.3 Å². The van der Waals surface area contributed by atoms with Gasteiger partial charge >= 0.3 is 5.97 Å². The van der Waals surface area contributed by atoms with Crippen LogP contribution in [0.25, 0.3) is 0 Å². The Labute approximate surface area is 106 Å². The average molecular weight is 247 g/mol. The fraction of sp³-hybridized carbons (Fsp3) is 0.429. The number of carbonyl (C=O) groups excluding carboxylic acids is 1. The number of hydrogen-bond acceptors (Lipinski definition) is 2. The molecule has 1 amide bonds. The highest BCUT2D eigenvalue weighted by atomic mass is 16.4. The van der Waals surface area contributed by atoms with Crippen LogP contribution in [0.4, 0.5) is 0 Å². The van der Waals surface area contributed by atoms with Gasteiger partial charge in [0.15, 0.2) is 0 Å². The number of carboxylic acid groups (broad SMARTS) is 1. The second-order valence-electron chi connectivity index (χ2n) is 4.87. The van der Waals surface area contributed by atoms with E-state index >= 15 is 0 Å². The molecule has 4 heteroatoms. The molecule has 2 rings (SSSR count). The van der Waals surface area contributed by atoms with E-state index in [0.29, 0.717) is 5.56 Å². The van der Waals surface area contributed by atoms with Crippen LogP contribution in [-0.4, -0.2) is 34.0 Å². The minimum atomic E-state index is -0.975. The summed E-state index contributed by atoms with van der Waals surface area (Å²) in [5.41, 5.74) is 0.759. The molecule has 96 valence electrons. The minimum absolute atomic E-state index is 0.00978.